The Bertz CT molecular complexity index is 1150. The summed E-state index contributed by atoms with van der Waals surface area (Å²) in [6, 6.07) is 24.6. The van der Waals surface area contributed by atoms with Crippen molar-refractivity contribution >= 4 is 17.2 Å². The molecule has 0 radical (unpaired) electrons. The number of hydrogen-bond acceptors (Lipinski definition) is 5. The molecule has 0 spiro atoms. The van der Waals surface area contributed by atoms with Crippen LogP contribution in [0.15, 0.2) is 82.7 Å². The van der Waals surface area contributed by atoms with Gasteiger partial charge in [0.05, 0.1) is 18.3 Å². The third-order valence-corrected chi connectivity index (χ3v) is 7.17. The molecule has 5 nitrogen and oxygen atoms in total. The number of carbonyl (C=O) groups excluding carboxylic acids is 1. The molecule has 162 valence electrons. The van der Waals surface area contributed by atoms with Crippen molar-refractivity contribution < 1.29 is 9.32 Å². The Morgan fingerprint density at radius 2 is 1.69 bits per heavy atom. The Morgan fingerprint density at radius 3 is 2.38 bits per heavy atom. The summed E-state index contributed by atoms with van der Waals surface area (Å²) in [4.78, 5) is 20.8. The van der Waals surface area contributed by atoms with Crippen molar-refractivity contribution in [2.24, 2.45) is 0 Å². The van der Waals surface area contributed by atoms with Crippen molar-refractivity contribution in [3.63, 3.8) is 0 Å². The van der Waals surface area contributed by atoms with Crippen molar-refractivity contribution in [2.75, 3.05) is 13.1 Å². The molecule has 1 fully saturated rings. The molecule has 0 saturated carbocycles. The Hall–Kier alpha value is -3.25. The van der Waals surface area contributed by atoms with E-state index in [1.165, 1.54) is 5.56 Å². The third-order valence-electron chi connectivity index (χ3n) is 6.30. The number of nitrogens with zero attached hydrogens (tertiary/aromatic N) is 3. The maximum atomic E-state index is 12.8. The standard InChI is InChI=1S/C26H25N3O2S/c30-24(19-22-12-7-17-32-22)29-15-13-26(14-16-29,21-10-5-2-6-11-21)25-27-23(31-28-25)18-20-8-3-1-4-9-20/h1-12,17H,13-16,18-19H2. The molecule has 6 heteroatoms. The van der Waals surface area contributed by atoms with Gasteiger partial charge in [0.25, 0.3) is 0 Å². The minimum absolute atomic E-state index is 0.187. The van der Waals surface area contributed by atoms with Crippen molar-refractivity contribution in [1.29, 1.82) is 0 Å². The minimum atomic E-state index is -0.348. The van der Waals surface area contributed by atoms with E-state index in [1.807, 2.05) is 46.7 Å². The van der Waals surface area contributed by atoms with Crippen molar-refractivity contribution in [1.82, 2.24) is 15.0 Å². The summed E-state index contributed by atoms with van der Waals surface area (Å²) in [5, 5.41) is 6.44. The Balaban J connectivity index is 1.37. The van der Waals surface area contributed by atoms with Gasteiger partial charge in [-0.3, -0.25) is 4.79 Å². The maximum Gasteiger partial charge on any atom is 0.231 e. The lowest BCUT2D eigenvalue weighted by Gasteiger charge is -2.40. The summed E-state index contributed by atoms with van der Waals surface area (Å²) in [6.07, 6.45) is 2.64. The van der Waals surface area contributed by atoms with Crippen molar-refractivity contribution in [2.45, 2.75) is 31.1 Å². The van der Waals surface area contributed by atoms with Gasteiger partial charge in [-0.2, -0.15) is 4.98 Å². The van der Waals surface area contributed by atoms with Gasteiger partial charge in [-0.1, -0.05) is 71.9 Å². The average Bonchev–Trinajstić information content (AvgIpc) is 3.53. The lowest BCUT2D eigenvalue weighted by Crippen LogP contribution is -2.46. The first-order valence-corrected chi connectivity index (χ1v) is 11.8. The van der Waals surface area contributed by atoms with Crippen LogP contribution in [-0.4, -0.2) is 34.0 Å². The Kier molecular flexibility index (Phi) is 5.86. The average molecular weight is 444 g/mol. The summed E-state index contributed by atoms with van der Waals surface area (Å²) in [5.41, 5.74) is 1.97. The molecular formula is C26H25N3O2S. The molecule has 2 aromatic carbocycles. The van der Waals surface area contributed by atoms with Crippen molar-refractivity contribution in [3.8, 4) is 0 Å². The topological polar surface area (TPSA) is 59.2 Å². The highest BCUT2D eigenvalue weighted by Crippen LogP contribution is 2.40. The van der Waals surface area contributed by atoms with Gasteiger partial charge in [0.2, 0.25) is 11.8 Å². The summed E-state index contributed by atoms with van der Waals surface area (Å²) >= 11 is 1.63. The van der Waals surface area contributed by atoms with Crippen LogP contribution in [0.5, 0.6) is 0 Å². The monoisotopic (exact) mass is 443 g/mol. The zero-order valence-corrected chi connectivity index (χ0v) is 18.6. The predicted octanol–water partition coefficient (Wildman–Crippen LogP) is 4.87. The molecule has 0 atom stereocenters. The van der Waals surface area contributed by atoms with Crippen LogP contribution in [0.4, 0.5) is 0 Å². The van der Waals surface area contributed by atoms with E-state index in [4.69, 9.17) is 9.51 Å². The highest BCUT2D eigenvalue weighted by molar-refractivity contribution is 7.10. The molecule has 32 heavy (non-hydrogen) atoms. The fourth-order valence-corrected chi connectivity index (χ4v) is 5.20. The van der Waals surface area contributed by atoms with Crippen molar-refractivity contribution in [3.05, 3.63) is 106 Å². The molecule has 2 aromatic heterocycles. The highest BCUT2D eigenvalue weighted by atomic mass is 32.1. The van der Waals surface area contributed by atoms with Gasteiger partial charge in [-0.15, -0.1) is 11.3 Å². The third kappa shape index (κ3) is 4.23. The molecule has 3 heterocycles. The smallest absolute Gasteiger partial charge is 0.231 e. The zero-order chi connectivity index (χ0) is 21.8. The van der Waals surface area contributed by atoms with E-state index < -0.39 is 0 Å². The van der Waals surface area contributed by atoms with Crippen LogP contribution in [0.3, 0.4) is 0 Å². The molecule has 0 aliphatic carbocycles. The van der Waals surface area contributed by atoms with Crippen LogP contribution in [0.2, 0.25) is 0 Å². The molecule has 0 unspecified atom stereocenters. The Morgan fingerprint density at radius 1 is 0.969 bits per heavy atom. The molecule has 5 rings (SSSR count). The van der Waals surface area contributed by atoms with Crippen LogP contribution in [0, 0.1) is 0 Å². The minimum Gasteiger partial charge on any atom is -0.342 e. The first-order valence-electron chi connectivity index (χ1n) is 11.0. The van der Waals surface area contributed by atoms with Gasteiger partial charge in [0.15, 0.2) is 5.82 Å². The van der Waals surface area contributed by atoms with Gasteiger partial charge >= 0.3 is 0 Å². The van der Waals surface area contributed by atoms with E-state index in [2.05, 4.69) is 41.6 Å². The number of benzene rings is 2. The van der Waals surface area contributed by atoms with Gasteiger partial charge in [0, 0.05) is 18.0 Å². The van der Waals surface area contributed by atoms with Crippen LogP contribution < -0.4 is 0 Å². The number of thiophene rings is 1. The fraction of sp³-hybridized carbons (Fsp3) is 0.269. The number of carbonyl (C=O) groups is 1. The number of likely N-dealkylation sites (tertiary alicyclic amines) is 1. The zero-order valence-electron chi connectivity index (χ0n) is 17.8. The molecule has 0 N–H and O–H groups in total. The number of amides is 1. The fourth-order valence-electron chi connectivity index (χ4n) is 4.50. The van der Waals surface area contributed by atoms with Crippen LogP contribution >= 0.6 is 11.3 Å². The van der Waals surface area contributed by atoms with E-state index in [0.717, 1.165) is 29.1 Å². The van der Waals surface area contributed by atoms with E-state index in [0.29, 0.717) is 31.8 Å². The van der Waals surface area contributed by atoms with E-state index >= 15 is 0 Å². The number of aromatic nitrogens is 2. The van der Waals surface area contributed by atoms with Crippen LogP contribution in [0.1, 0.15) is 40.6 Å². The second kappa shape index (κ2) is 9.09. The molecule has 4 aromatic rings. The normalized spacial score (nSPS) is 15.6. The van der Waals surface area contributed by atoms with Gasteiger partial charge in [-0.25, -0.2) is 0 Å². The summed E-state index contributed by atoms with van der Waals surface area (Å²) < 4.78 is 5.67. The Labute approximate surface area is 191 Å². The first-order chi connectivity index (χ1) is 15.7. The highest BCUT2D eigenvalue weighted by Gasteiger charge is 2.42. The van der Waals surface area contributed by atoms with E-state index in [-0.39, 0.29) is 11.3 Å². The molecule has 1 aliphatic heterocycles. The number of rotatable bonds is 6. The largest absolute Gasteiger partial charge is 0.342 e. The van der Waals surface area contributed by atoms with E-state index in [9.17, 15) is 4.79 Å². The SMILES string of the molecule is O=C(Cc1cccs1)N1CCC(c2ccccc2)(c2noc(Cc3ccccc3)n2)CC1. The lowest BCUT2D eigenvalue weighted by molar-refractivity contribution is -0.131. The molecule has 1 amide bonds. The van der Waals surface area contributed by atoms with Gasteiger partial charge in [0.1, 0.15) is 0 Å². The summed E-state index contributed by atoms with van der Waals surface area (Å²) in [6.45, 7) is 1.36. The van der Waals surface area contributed by atoms with Crippen LogP contribution in [0.25, 0.3) is 0 Å². The second-order valence-corrected chi connectivity index (χ2v) is 9.29. The number of hydrogen-bond donors (Lipinski definition) is 0. The quantitative estimate of drug-likeness (QED) is 0.426. The lowest BCUT2D eigenvalue weighted by atomic mass is 9.72. The van der Waals surface area contributed by atoms with Gasteiger partial charge in [-0.05, 0) is 35.4 Å². The summed E-state index contributed by atoms with van der Waals surface area (Å²) in [7, 11) is 0. The maximum absolute atomic E-state index is 12.8. The second-order valence-electron chi connectivity index (χ2n) is 8.26. The first kappa shape index (κ1) is 20.6. The predicted molar refractivity (Wildman–Crippen MR) is 125 cm³/mol. The van der Waals surface area contributed by atoms with Gasteiger partial charge < -0.3 is 9.42 Å². The summed E-state index contributed by atoms with van der Waals surface area (Å²) in [5.74, 6) is 1.53. The molecular weight excluding hydrogens is 418 g/mol. The van der Waals surface area contributed by atoms with E-state index in [1.54, 1.807) is 11.3 Å². The molecule has 0 bridgehead atoms. The van der Waals surface area contributed by atoms with Crippen LogP contribution in [-0.2, 0) is 23.1 Å². The molecule has 1 saturated heterocycles. The number of piperidine rings is 1. The molecule has 1 aliphatic rings.